The smallest absolute Gasteiger partial charge is 0.258 e. The predicted molar refractivity (Wildman–Crippen MR) is 64.1 cm³/mol. The molecule has 0 amide bonds. The lowest BCUT2D eigenvalue weighted by molar-refractivity contribution is 0.577. The maximum absolute atomic E-state index is 11.9. The van der Waals surface area contributed by atoms with Gasteiger partial charge in [0, 0.05) is 18.0 Å². The lowest BCUT2D eigenvalue weighted by atomic mass is 10.5. The number of aryl methyl sites for hydroxylation is 1. The van der Waals surface area contributed by atoms with Crippen LogP contribution in [0, 0.1) is 0 Å². The number of thiazole rings is 1. The quantitative estimate of drug-likeness (QED) is 0.846. The van der Waals surface area contributed by atoms with Crippen LogP contribution in [0.25, 0.3) is 0 Å². The van der Waals surface area contributed by atoms with E-state index in [9.17, 15) is 8.42 Å². The van der Waals surface area contributed by atoms with Crippen molar-refractivity contribution in [3.63, 3.8) is 0 Å². The monoisotopic (exact) mass is 272 g/mol. The van der Waals surface area contributed by atoms with Crippen molar-refractivity contribution in [3.05, 3.63) is 28.6 Å². The van der Waals surface area contributed by atoms with E-state index in [1.54, 1.807) is 11.6 Å². The summed E-state index contributed by atoms with van der Waals surface area (Å²) in [4.78, 5) is 10.7. The van der Waals surface area contributed by atoms with Crippen LogP contribution >= 0.6 is 11.3 Å². The number of rotatable bonds is 5. The number of imidazole rings is 1. The van der Waals surface area contributed by atoms with Gasteiger partial charge in [-0.25, -0.2) is 23.1 Å². The molecule has 0 saturated carbocycles. The molecule has 92 valence electrons. The highest BCUT2D eigenvalue weighted by Gasteiger charge is 2.16. The van der Waals surface area contributed by atoms with E-state index in [1.165, 1.54) is 17.5 Å². The Bertz CT molecular complexity index is 574. The Kier molecular flexibility index (Phi) is 3.55. The topological polar surface area (TPSA) is 87.7 Å². The molecule has 17 heavy (non-hydrogen) atoms. The second-order valence-electron chi connectivity index (χ2n) is 3.30. The third-order valence-corrected chi connectivity index (χ3v) is 4.22. The van der Waals surface area contributed by atoms with Gasteiger partial charge in [0.2, 0.25) is 0 Å². The number of hydrogen-bond donors (Lipinski definition) is 2. The van der Waals surface area contributed by atoms with Gasteiger partial charge >= 0.3 is 0 Å². The van der Waals surface area contributed by atoms with Crippen LogP contribution in [0.1, 0.15) is 17.8 Å². The highest BCUT2D eigenvalue weighted by molar-refractivity contribution is 7.89. The van der Waals surface area contributed by atoms with Gasteiger partial charge < -0.3 is 4.98 Å². The molecule has 0 aliphatic heterocycles. The minimum absolute atomic E-state index is 0.0888. The van der Waals surface area contributed by atoms with Crippen LogP contribution < -0.4 is 4.72 Å². The van der Waals surface area contributed by atoms with Gasteiger partial charge in [-0.1, -0.05) is 6.92 Å². The zero-order valence-electron chi connectivity index (χ0n) is 9.17. The van der Waals surface area contributed by atoms with E-state index in [-0.39, 0.29) is 11.6 Å². The van der Waals surface area contributed by atoms with Gasteiger partial charge in [0.25, 0.3) is 10.0 Å². The first kappa shape index (κ1) is 12.2. The summed E-state index contributed by atoms with van der Waals surface area (Å²) in [6.45, 7) is 2.10. The fourth-order valence-electron chi connectivity index (χ4n) is 1.23. The Morgan fingerprint density at radius 2 is 2.29 bits per heavy atom. The maximum atomic E-state index is 11.9. The highest BCUT2D eigenvalue weighted by atomic mass is 32.2. The molecule has 2 rings (SSSR count). The van der Waals surface area contributed by atoms with E-state index in [0.717, 1.165) is 5.01 Å². The second kappa shape index (κ2) is 4.94. The number of nitrogens with one attached hydrogen (secondary N) is 2. The summed E-state index contributed by atoms with van der Waals surface area (Å²) in [5.74, 6) is 0.652. The molecule has 0 atom stereocenters. The van der Waals surface area contributed by atoms with Crippen LogP contribution in [0.4, 0.5) is 0 Å². The summed E-state index contributed by atoms with van der Waals surface area (Å²) in [6.07, 6.45) is 3.63. The zero-order valence-corrected chi connectivity index (χ0v) is 10.8. The first-order valence-electron chi connectivity index (χ1n) is 5.03. The zero-order chi connectivity index (χ0) is 12.3. The van der Waals surface area contributed by atoms with E-state index in [1.807, 2.05) is 6.92 Å². The molecule has 6 nitrogen and oxygen atoms in total. The molecule has 2 aromatic rings. The number of sulfonamides is 1. The van der Waals surface area contributed by atoms with Gasteiger partial charge in [-0.15, -0.1) is 11.3 Å². The Balaban J connectivity index is 2.08. The van der Waals surface area contributed by atoms with Crippen molar-refractivity contribution in [2.24, 2.45) is 0 Å². The summed E-state index contributed by atoms with van der Waals surface area (Å²) < 4.78 is 26.2. The molecule has 2 N–H and O–H groups in total. The molecule has 2 aromatic heterocycles. The lowest BCUT2D eigenvalue weighted by Gasteiger charge is -2.01. The third-order valence-electron chi connectivity index (χ3n) is 2.13. The third kappa shape index (κ3) is 2.90. The van der Waals surface area contributed by atoms with Crippen molar-refractivity contribution in [3.8, 4) is 0 Å². The van der Waals surface area contributed by atoms with E-state index >= 15 is 0 Å². The molecule has 0 aliphatic carbocycles. The molecule has 0 aromatic carbocycles. The van der Waals surface area contributed by atoms with Crippen LogP contribution in [0.3, 0.4) is 0 Å². The summed E-state index contributed by atoms with van der Waals surface area (Å²) in [5, 5.41) is 2.62. The van der Waals surface area contributed by atoms with Crippen molar-refractivity contribution >= 4 is 21.4 Å². The number of aromatic amines is 1. The Morgan fingerprint density at radius 3 is 2.88 bits per heavy atom. The van der Waals surface area contributed by atoms with Crippen molar-refractivity contribution in [2.75, 3.05) is 0 Å². The number of hydrogen-bond acceptors (Lipinski definition) is 5. The highest BCUT2D eigenvalue weighted by Crippen LogP contribution is 2.08. The molecule has 0 unspecified atom stereocenters. The van der Waals surface area contributed by atoms with Crippen LogP contribution in [-0.4, -0.2) is 23.4 Å². The molecule has 2 heterocycles. The summed E-state index contributed by atoms with van der Waals surface area (Å²) in [7, 11) is -3.53. The first-order valence-corrected chi connectivity index (χ1v) is 7.40. The van der Waals surface area contributed by atoms with Gasteiger partial charge in [-0.2, -0.15) is 0 Å². The minimum atomic E-state index is -3.53. The number of nitrogens with zero attached hydrogens (tertiary/aromatic N) is 2. The molecular formula is C9H12N4O2S2. The number of aromatic nitrogens is 3. The van der Waals surface area contributed by atoms with Crippen LogP contribution in [0.15, 0.2) is 22.8 Å². The summed E-state index contributed by atoms with van der Waals surface area (Å²) in [5.41, 5.74) is 0. The van der Waals surface area contributed by atoms with E-state index in [2.05, 4.69) is 19.7 Å². The van der Waals surface area contributed by atoms with Crippen LogP contribution in [-0.2, 0) is 23.0 Å². The van der Waals surface area contributed by atoms with Gasteiger partial charge in [-0.3, -0.25) is 0 Å². The lowest BCUT2D eigenvalue weighted by Crippen LogP contribution is -2.23. The molecule has 0 spiro atoms. The van der Waals surface area contributed by atoms with Crippen LogP contribution in [0.2, 0.25) is 0 Å². The van der Waals surface area contributed by atoms with Crippen molar-refractivity contribution < 1.29 is 8.42 Å². The van der Waals surface area contributed by atoms with Crippen molar-refractivity contribution in [1.82, 2.24) is 19.7 Å². The van der Waals surface area contributed by atoms with E-state index < -0.39 is 10.0 Å². The largest absolute Gasteiger partial charge is 0.332 e. The Labute approximate surface area is 103 Å². The van der Waals surface area contributed by atoms with Gasteiger partial charge in [-0.05, 0) is 0 Å². The van der Waals surface area contributed by atoms with E-state index in [4.69, 9.17) is 0 Å². The van der Waals surface area contributed by atoms with Gasteiger partial charge in [0.15, 0.2) is 5.03 Å². The summed E-state index contributed by atoms with van der Waals surface area (Å²) in [6, 6.07) is 0. The van der Waals surface area contributed by atoms with Crippen molar-refractivity contribution in [1.29, 1.82) is 0 Å². The molecule has 8 heteroatoms. The maximum Gasteiger partial charge on any atom is 0.258 e. The first-order chi connectivity index (χ1) is 8.12. The molecule has 0 bridgehead atoms. The summed E-state index contributed by atoms with van der Waals surface area (Å²) >= 11 is 1.40. The molecule has 0 aliphatic rings. The second-order valence-corrected chi connectivity index (χ2v) is 6.01. The fourth-order valence-corrected chi connectivity index (χ4v) is 2.81. The normalized spacial score (nSPS) is 11.8. The predicted octanol–water partition coefficient (Wildman–Crippen LogP) is 0.907. The van der Waals surface area contributed by atoms with Crippen molar-refractivity contribution in [2.45, 2.75) is 24.9 Å². The number of H-pyrrole nitrogens is 1. The average Bonchev–Trinajstić information content (AvgIpc) is 2.98. The average molecular weight is 272 g/mol. The fraction of sp³-hybridized carbons (Fsp3) is 0.333. The van der Waals surface area contributed by atoms with Crippen LogP contribution in [0.5, 0.6) is 0 Å². The standard InChI is InChI=1S/C9H12N4O2S2/c1-2-7-11-6-9(13-7)17(14,15)12-5-8-10-3-4-16-8/h3-4,6,12H,2,5H2,1H3,(H,11,13). The molecule has 0 fully saturated rings. The Hall–Kier alpha value is -1.25. The van der Waals surface area contributed by atoms with Gasteiger partial charge in [0.05, 0.1) is 12.7 Å². The molecule has 0 radical (unpaired) electrons. The minimum Gasteiger partial charge on any atom is -0.332 e. The molecule has 0 saturated heterocycles. The van der Waals surface area contributed by atoms with Gasteiger partial charge in [0.1, 0.15) is 10.8 Å². The van der Waals surface area contributed by atoms with E-state index in [0.29, 0.717) is 12.2 Å². The molecular weight excluding hydrogens is 260 g/mol. The SMILES string of the molecule is CCc1ncc(S(=O)(=O)NCc2nccs2)[nH]1. The Morgan fingerprint density at radius 1 is 1.47 bits per heavy atom.